The van der Waals surface area contributed by atoms with Gasteiger partial charge in [-0.05, 0) is 23.6 Å². The lowest BCUT2D eigenvalue weighted by molar-refractivity contribution is -0.136. The van der Waals surface area contributed by atoms with Crippen LogP contribution in [0.25, 0.3) is 0 Å². The molecule has 0 aliphatic rings. The van der Waals surface area contributed by atoms with Crippen LogP contribution in [0.2, 0.25) is 10.0 Å². The van der Waals surface area contributed by atoms with Crippen molar-refractivity contribution < 1.29 is 14.7 Å². The molecule has 7 heteroatoms. The van der Waals surface area contributed by atoms with Crippen LogP contribution in [-0.2, 0) is 9.59 Å². The molecule has 21 heavy (non-hydrogen) atoms. The zero-order valence-electron chi connectivity index (χ0n) is 12.0. The first-order valence-corrected chi connectivity index (χ1v) is 7.08. The molecule has 1 atom stereocenters. The van der Waals surface area contributed by atoms with Crippen molar-refractivity contribution >= 4 is 40.7 Å². The maximum atomic E-state index is 11.7. The summed E-state index contributed by atoms with van der Waals surface area (Å²) in [4.78, 5) is 23.4. The van der Waals surface area contributed by atoms with Gasteiger partial charge in [0.2, 0.25) is 0 Å². The second-order valence-electron chi connectivity index (χ2n) is 5.70. The summed E-state index contributed by atoms with van der Waals surface area (Å²) in [7, 11) is 0. The Bertz CT molecular complexity index is 521. The van der Waals surface area contributed by atoms with Crippen molar-refractivity contribution in [2.75, 3.05) is 11.9 Å². The highest BCUT2D eigenvalue weighted by Crippen LogP contribution is 2.22. The van der Waals surface area contributed by atoms with Crippen LogP contribution in [0.4, 0.5) is 5.69 Å². The molecule has 0 aliphatic carbocycles. The number of rotatable bonds is 3. The number of benzene rings is 1. The molecule has 1 rings (SSSR count). The van der Waals surface area contributed by atoms with Gasteiger partial charge in [-0.1, -0.05) is 44.0 Å². The van der Waals surface area contributed by atoms with Crippen molar-refractivity contribution in [2.24, 2.45) is 5.41 Å². The van der Waals surface area contributed by atoms with Gasteiger partial charge < -0.3 is 15.7 Å². The second kappa shape index (κ2) is 7.11. The molecule has 1 unspecified atom stereocenters. The number of halogens is 2. The number of amides is 2. The number of aliphatic hydroxyl groups excluding tert-OH is 1. The SMILES string of the molecule is CC(C)(C)C(O)CNC(=O)C(=O)Nc1cc(Cl)cc(Cl)c1. The number of aliphatic hydroxyl groups is 1. The molecular weight excluding hydrogens is 315 g/mol. The first kappa shape index (κ1) is 17.8. The van der Waals surface area contributed by atoms with E-state index in [1.807, 2.05) is 20.8 Å². The van der Waals surface area contributed by atoms with Crippen LogP contribution in [0, 0.1) is 5.41 Å². The third-order valence-electron chi connectivity index (χ3n) is 2.78. The van der Waals surface area contributed by atoms with Crippen LogP contribution < -0.4 is 10.6 Å². The van der Waals surface area contributed by atoms with Gasteiger partial charge in [-0.25, -0.2) is 0 Å². The Morgan fingerprint density at radius 1 is 1.14 bits per heavy atom. The molecule has 0 saturated heterocycles. The van der Waals surface area contributed by atoms with Gasteiger partial charge in [0, 0.05) is 22.3 Å². The minimum atomic E-state index is -0.852. The Morgan fingerprint density at radius 3 is 2.14 bits per heavy atom. The van der Waals surface area contributed by atoms with Gasteiger partial charge in [0.25, 0.3) is 0 Å². The largest absolute Gasteiger partial charge is 0.391 e. The van der Waals surface area contributed by atoms with E-state index in [2.05, 4.69) is 10.6 Å². The molecule has 0 fully saturated rings. The third kappa shape index (κ3) is 5.91. The van der Waals surface area contributed by atoms with Crippen LogP contribution in [0.3, 0.4) is 0 Å². The van der Waals surface area contributed by atoms with E-state index < -0.39 is 17.9 Å². The molecule has 2 amide bonds. The second-order valence-corrected chi connectivity index (χ2v) is 6.58. The lowest BCUT2D eigenvalue weighted by atomic mass is 9.89. The Hall–Kier alpha value is -1.30. The van der Waals surface area contributed by atoms with Gasteiger partial charge in [-0.2, -0.15) is 0 Å². The molecular formula is C14H18Cl2N2O3. The Labute approximate surface area is 133 Å². The van der Waals surface area contributed by atoms with Gasteiger partial charge in [0.1, 0.15) is 0 Å². The van der Waals surface area contributed by atoms with E-state index in [4.69, 9.17) is 23.2 Å². The number of hydrogen-bond donors (Lipinski definition) is 3. The van der Waals surface area contributed by atoms with Gasteiger partial charge >= 0.3 is 11.8 Å². The van der Waals surface area contributed by atoms with Crippen LogP contribution in [-0.4, -0.2) is 29.6 Å². The Morgan fingerprint density at radius 2 is 1.67 bits per heavy atom. The maximum absolute atomic E-state index is 11.7. The van der Waals surface area contributed by atoms with E-state index in [0.29, 0.717) is 15.7 Å². The van der Waals surface area contributed by atoms with Gasteiger partial charge in [0.05, 0.1) is 6.10 Å². The lowest BCUT2D eigenvalue weighted by Crippen LogP contribution is -2.43. The number of anilines is 1. The summed E-state index contributed by atoms with van der Waals surface area (Å²) in [5, 5.41) is 15.3. The van der Waals surface area contributed by atoms with Gasteiger partial charge in [-0.3, -0.25) is 9.59 Å². The number of carbonyl (C=O) groups excluding carboxylic acids is 2. The number of hydrogen-bond acceptors (Lipinski definition) is 3. The quantitative estimate of drug-likeness (QED) is 0.744. The molecule has 1 aromatic carbocycles. The first-order chi connectivity index (χ1) is 9.59. The van der Waals surface area contributed by atoms with Crippen molar-refractivity contribution in [3.63, 3.8) is 0 Å². The van der Waals surface area contributed by atoms with E-state index >= 15 is 0 Å². The predicted molar refractivity (Wildman–Crippen MR) is 83.6 cm³/mol. The average molecular weight is 333 g/mol. The molecule has 0 saturated carbocycles. The molecule has 0 radical (unpaired) electrons. The smallest absolute Gasteiger partial charge is 0.313 e. The maximum Gasteiger partial charge on any atom is 0.313 e. The molecule has 5 nitrogen and oxygen atoms in total. The van der Waals surface area contributed by atoms with E-state index in [-0.39, 0.29) is 12.0 Å². The minimum absolute atomic E-state index is 0.00788. The van der Waals surface area contributed by atoms with Crippen LogP contribution >= 0.6 is 23.2 Å². The summed E-state index contributed by atoms with van der Waals surface area (Å²) in [6, 6.07) is 4.46. The number of carbonyl (C=O) groups is 2. The highest BCUT2D eigenvalue weighted by molar-refractivity contribution is 6.40. The summed E-state index contributed by atoms with van der Waals surface area (Å²) in [6.07, 6.45) is -0.755. The molecule has 0 bridgehead atoms. The number of nitrogens with one attached hydrogen (secondary N) is 2. The molecule has 0 aromatic heterocycles. The summed E-state index contributed by atoms with van der Waals surface area (Å²) in [6.45, 7) is 5.49. The van der Waals surface area contributed by atoms with Crippen LogP contribution in [0.15, 0.2) is 18.2 Å². The average Bonchev–Trinajstić information content (AvgIpc) is 2.32. The van der Waals surface area contributed by atoms with E-state index in [1.165, 1.54) is 18.2 Å². The molecule has 0 spiro atoms. The standard InChI is InChI=1S/C14H18Cl2N2O3/c1-14(2,3)11(19)7-17-12(20)13(21)18-10-5-8(15)4-9(16)6-10/h4-6,11,19H,7H2,1-3H3,(H,17,20)(H,18,21). The van der Waals surface area contributed by atoms with Gasteiger partial charge in [0.15, 0.2) is 0 Å². The van der Waals surface area contributed by atoms with Crippen LogP contribution in [0.1, 0.15) is 20.8 Å². The van der Waals surface area contributed by atoms with Crippen molar-refractivity contribution in [3.8, 4) is 0 Å². The molecule has 0 aliphatic heterocycles. The molecule has 1 aromatic rings. The Balaban J connectivity index is 2.57. The topological polar surface area (TPSA) is 78.4 Å². The van der Waals surface area contributed by atoms with E-state index in [1.54, 1.807) is 0 Å². The normalized spacial score (nSPS) is 12.7. The van der Waals surface area contributed by atoms with Gasteiger partial charge in [-0.15, -0.1) is 0 Å². The Kier molecular flexibility index (Phi) is 6.01. The van der Waals surface area contributed by atoms with Crippen molar-refractivity contribution in [1.29, 1.82) is 0 Å². The highest BCUT2D eigenvalue weighted by atomic mass is 35.5. The molecule has 116 valence electrons. The zero-order valence-corrected chi connectivity index (χ0v) is 13.5. The van der Waals surface area contributed by atoms with Crippen molar-refractivity contribution in [2.45, 2.75) is 26.9 Å². The predicted octanol–water partition coefficient (Wildman–Crippen LogP) is 2.46. The van der Waals surface area contributed by atoms with E-state index in [9.17, 15) is 14.7 Å². The summed E-state index contributed by atoms with van der Waals surface area (Å²) < 4.78 is 0. The monoisotopic (exact) mass is 332 g/mol. The van der Waals surface area contributed by atoms with E-state index in [0.717, 1.165) is 0 Å². The lowest BCUT2D eigenvalue weighted by Gasteiger charge is -2.25. The molecule has 3 N–H and O–H groups in total. The minimum Gasteiger partial charge on any atom is -0.391 e. The zero-order chi connectivity index (χ0) is 16.2. The third-order valence-corrected chi connectivity index (χ3v) is 3.22. The highest BCUT2D eigenvalue weighted by Gasteiger charge is 2.23. The fourth-order valence-corrected chi connectivity index (χ4v) is 1.92. The first-order valence-electron chi connectivity index (χ1n) is 6.33. The van der Waals surface area contributed by atoms with Crippen LogP contribution in [0.5, 0.6) is 0 Å². The molecule has 0 heterocycles. The fraction of sp³-hybridized carbons (Fsp3) is 0.429. The summed E-state index contributed by atoms with van der Waals surface area (Å²) >= 11 is 11.6. The summed E-state index contributed by atoms with van der Waals surface area (Å²) in [5.74, 6) is -1.69. The fourth-order valence-electron chi connectivity index (χ4n) is 1.39. The van der Waals surface area contributed by atoms with Crippen molar-refractivity contribution in [3.05, 3.63) is 28.2 Å². The van der Waals surface area contributed by atoms with Crippen molar-refractivity contribution in [1.82, 2.24) is 5.32 Å². The summed E-state index contributed by atoms with van der Waals surface area (Å²) in [5.41, 5.74) is -0.0615.